The van der Waals surface area contributed by atoms with Crippen molar-refractivity contribution in [1.29, 1.82) is 0 Å². The van der Waals surface area contributed by atoms with E-state index in [0.717, 1.165) is 0 Å². The van der Waals surface area contributed by atoms with Gasteiger partial charge in [0.2, 0.25) is 0 Å². The Kier molecular flexibility index (Phi) is 13.8. The van der Waals surface area contributed by atoms with Crippen LogP contribution in [-0.4, -0.2) is 4.57 Å². The molecular formula is C23H45N2+. The van der Waals surface area contributed by atoms with Crippen LogP contribution in [0.5, 0.6) is 0 Å². The fourth-order valence-electron chi connectivity index (χ4n) is 3.67. The maximum absolute atomic E-state index is 2.56. The van der Waals surface area contributed by atoms with Crippen molar-refractivity contribution in [1.82, 2.24) is 4.57 Å². The molecule has 0 spiro atoms. The highest BCUT2D eigenvalue weighted by atomic mass is 15.1. The normalized spacial score (nSPS) is 11.3. The minimum atomic E-state index is 1.22. The van der Waals surface area contributed by atoms with E-state index < -0.39 is 0 Å². The van der Waals surface area contributed by atoms with Crippen molar-refractivity contribution in [3.63, 3.8) is 0 Å². The van der Waals surface area contributed by atoms with E-state index in [9.17, 15) is 0 Å². The van der Waals surface area contributed by atoms with Crippen LogP contribution in [0.1, 0.15) is 116 Å². The summed E-state index contributed by atoms with van der Waals surface area (Å²) >= 11 is 0. The van der Waals surface area contributed by atoms with Gasteiger partial charge in [0.25, 0.3) is 5.82 Å². The first-order valence-electron chi connectivity index (χ1n) is 11.4. The lowest BCUT2D eigenvalue weighted by Crippen LogP contribution is -2.37. The number of imidazole rings is 1. The molecule has 146 valence electrons. The second-order valence-corrected chi connectivity index (χ2v) is 7.74. The van der Waals surface area contributed by atoms with Crippen LogP contribution < -0.4 is 4.57 Å². The Morgan fingerprint density at radius 3 is 1.92 bits per heavy atom. The van der Waals surface area contributed by atoms with Crippen LogP contribution in [0.15, 0.2) is 12.4 Å². The number of aryl methyl sites for hydroxylation is 2. The Hall–Kier alpha value is -0.790. The smallest absolute Gasteiger partial charge is 0.234 e. The van der Waals surface area contributed by atoms with Gasteiger partial charge in [-0.15, -0.1) is 0 Å². The van der Waals surface area contributed by atoms with Crippen LogP contribution in [0.2, 0.25) is 0 Å². The molecule has 0 aliphatic heterocycles. The SMILES string of the molecule is CCCCCCCCc1n(CCCCCC)cc[n+]1CCCCCC. The van der Waals surface area contributed by atoms with E-state index >= 15 is 0 Å². The predicted octanol–water partition coefficient (Wildman–Crippen LogP) is 6.84. The number of hydrogen-bond acceptors (Lipinski definition) is 0. The van der Waals surface area contributed by atoms with Crippen molar-refractivity contribution >= 4 is 0 Å². The van der Waals surface area contributed by atoms with Crippen LogP contribution >= 0.6 is 0 Å². The van der Waals surface area contributed by atoms with Gasteiger partial charge in [-0.05, 0) is 32.1 Å². The number of hydrogen-bond donors (Lipinski definition) is 0. The molecule has 25 heavy (non-hydrogen) atoms. The topological polar surface area (TPSA) is 8.81 Å². The molecule has 1 rings (SSSR count). The molecular weight excluding hydrogens is 304 g/mol. The molecule has 0 aliphatic rings. The second-order valence-electron chi connectivity index (χ2n) is 7.74. The first-order valence-corrected chi connectivity index (χ1v) is 11.4. The molecule has 0 fully saturated rings. The molecule has 0 radical (unpaired) electrons. The first-order chi connectivity index (χ1) is 12.3. The predicted molar refractivity (Wildman–Crippen MR) is 110 cm³/mol. The summed E-state index contributed by atoms with van der Waals surface area (Å²) in [6.45, 7) is 9.32. The van der Waals surface area contributed by atoms with Gasteiger partial charge in [-0.3, -0.25) is 0 Å². The summed E-state index contributed by atoms with van der Waals surface area (Å²) in [5.74, 6) is 1.59. The molecule has 0 saturated heterocycles. The maximum atomic E-state index is 2.56. The van der Waals surface area contributed by atoms with Gasteiger partial charge in [0.05, 0.1) is 13.1 Å². The zero-order valence-electron chi connectivity index (χ0n) is 17.6. The van der Waals surface area contributed by atoms with Crippen molar-refractivity contribution in [3.05, 3.63) is 18.2 Å². The highest BCUT2D eigenvalue weighted by molar-refractivity contribution is 4.84. The monoisotopic (exact) mass is 349 g/mol. The summed E-state index contributed by atoms with van der Waals surface area (Å²) < 4.78 is 5.11. The van der Waals surface area contributed by atoms with Crippen molar-refractivity contribution in [2.24, 2.45) is 0 Å². The molecule has 0 amide bonds. The standard InChI is InChI=1S/C23H45N2/c1-4-7-10-13-14-15-18-23-24(19-16-11-8-5-2)21-22-25(23)20-17-12-9-6-3/h21-22H,4-20H2,1-3H3/q+1. The second kappa shape index (κ2) is 15.5. The Morgan fingerprint density at radius 2 is 1.24 bits per heavy atom. The molecule has 0 atom stereocenters. The molecule has 0 saturated carbocycles. The van der Waals surface area contributed by atoms with Gasteiger partial charge in [-0.25, -0.2) is 9.13 Å². The highest BCUT2D eigenvalue weighted by Gasteiger charge is 2.16. The lowest BCUT2D eigenvalue weighted by molar-refractivity contribution is -0.704. The molecule has 1 heterocycles. The minimum absolute atomic E-state index is 1.22. The summed E-state index contributed by atoms with van der Waals surface area (Å²) in [6, 6.07) is 0. The van der Waals surface area contributed by atoms with Gasteiger partial charge < -0.3 is 0 Å². The third-order valence-corrected chi connectivity index (χ3v) is 5.35. The van der Waals surface area contributed by atoms with E-state index in [2.05, 4.69) is 42.3 Å². The van der Waals surface area contributed by atoms with Crippen molar-refractivity contribution < 1.29 is 4.57 Å². The van der Waals surface area contributed by atoms with E-state index in [-0.39, 0.29) is 0 Å². The van der Waals surface area contributed by atoms with Gasteiger partial charge in [0.15, 0.2) is 0 Å². The molecule has 1 aromatic rings. The molecule has 1 aromatic heterocycles. The lowest BCUT2D eigenvalue weighted by Gasteiger charge is -2.06. The quantitative estimate of drug-likeness (QED) is 0.215. The van der Waals surface area contributed by atoms with Crippen LogP contribution in [0.4, 0.5) is 0 Å². The summed E-state index contributed by atoms with van der Waals surface area (Å²) in [5.41, 5.74) is 0. The number of unbranched alkanes of at least 4 members (excludes halogenated alkanes) is 11. The average molecular weight is 350 g/mol. The van der Waals surface area contributed by atoms with Crippen LogP contribution in [0, 0.1) is 0 Å². The van der Waals surface area contributed by atoms with E-state index in [1.54, 1.807) is 5.82 Å². The minimum Gasteiger partial charge on any atom is -0.234 e. The lowest BCUT2D eigenvalue weighted by atomic mass is 10.1. The Labute approximate surface area is 158 Å². The molecule has 2 nitrogen and oxygen atoms in total. The van der Waals surface area contributed by atoms with Gasteiger partial charge in [-0.2, -0.15) is 0 Å². The zero-order chi connectivity index (χ0) is 18.2. The Balaban J connectivity index is 2.48. The molecule has 0 bridgehead atoms. The number of nitrogens with zero attached hydrogens (tertiary/aromatic N) is 2. The van der Waals surface area contributed by atoms with Gasteiger partial charge in [-0.1, -0.05) is 78.6 Å². The van der Waals surface area contributed by atoms with Crippen molar-refractivity contribution in [2.45, 2.75) is 130 Å². The summed E-state index contributed by atoms with van der Waals surface area (Å²) in [4.78, 5) is 0. The van der Waals surface area contributed by atoms with Crippen LogP contribution in [0.25, 0.3) is 0 Å². The Morgan fingerprint density at radius 1 is 0.680 bits per heavy atom. The summed E-state index contributed by atoms with van der Waals surface area (Å²) in [7, 11) is 0. The highest BCUT2D eigenvalue weighted by Crippen LogP contribution is 2.11. The maximum Gasteiger partial charge on any atom is 0.256 e. The van der Waals surface area contributed by atoms with Crippen molar-refractivity contribution in [3.8, 4) is 0 Å². The largest absolute Gasteiger partial charge is 0.256 e. The van der Waals surface area contributed by atoms with E-state index in [0.29, 0.717) is 0 Å². The summed E-state index contributed by atoms with van der Waals surface area (Å²) in [5, 5.41) is 0. The third-order valence-electron chi connectivity index (χ3n) is 5.35. The third kappa shape index (κ3) is 10.1. The van der Waals surface area contributed by atoms with Crippen molar-refractivity contribution in [2.75, 3.05) is 0 Å². The van der Waals surface area contributed by atoms with Crippen LogP contribution in [-0.2, 0) is 19.5 Å². The fraction of sp³-hybridized carbons (Fsp3) is 0.870. The zero-order valence-corrected chi connectivity index (χ0v) is 17.6. The summed E-state index contributed by atoms with van der Waals surface area (Å²) in [6.07, 6.45) is 25.1. The van der Waals surface area contributed by atoms with Gasteiger partial charge in [0, 0.05) is 6.42 Å². The molecule has 0 N–H and O–H groups in total. The molecule has 0 unspecified atom stereocenters. The van der Waals surface area contributed by atoms with E-state index in [1.807, 2.05) is 0 Å². The molecule has 2 heteroatoms. The number of aromatic nitrogens is 2. The molecule has 0 aliphatic carbocycles. The molecule has 0 aromatic carbocycles. The van der Waals surface area contributed by atoms with Crippen LogP contribution in [0.3, 0.4) is 0 Å². The van der Waals surface area contributed by atoms with Gasteiger partial charge in [0.1, 0.15) is 12.4 Å². The van der Waals surface area contributed by atoms with E-state index in [4.69, 9.17) is 0 Å². The van der Waals surface area contributed by atoms with Gasteiger partial charge >= 0.3 is 0 Å². The number of rotatable bonds is 17. The average Bonchev–Trinajstić information content (AvgIpc) is 3.00. The Bertz CT molecular complexity index is 379. The van der Waals surface area contributed by atoms with E-state index in [1.165, 1.54) is 109 Å². The fourth-order valence-corrected chi connectivity index (χ4v) is 3.67. The first kappa shape index (κ1) is 22.3.